The minimum absolute atomic E-state index is 0.0213. The Kier molecular flexibility index (Phi) is 4.06. The number of nitrogens with zero attached hydrogens (tertiary/aromatic N) is 2. The van der Waals surface area contributed by atoms with Gasteiger partial charge in [-0.3, -0.25) is 4.79 Å². The van der Waals surface area contributed by atoms with Crippen LogP contribution >= 0.6 is 0 Å². The zero-order chi connectivity index (χ0) is 14.7. The summed E-state index contributed by atoms with van der Waals surface area (Å²) in [6.07, 6.45) is -0.0701. The number of hydrogen-bond acceptors (Lipinski definition) is 5. The van der Waals surface area contributed by atoms with Crippen molar-refractivity contribution in [3.63, 3.8) is 0 Å². The summed E-state index contributed by atoms with van der Waals surface area (Å²) >= 11 is 0. The summed E-state index contributed by atoms with van der Waals surface area (Å²) < 4.78 is 10.6. The van der Waals surface area contributed by atoms with Crippen LogP contribution in [0.4, 0.5) is 0 Å². The number of morpholine rings is 1. The predicted molar refractivity (Wildman–Crippen MR) is 76.4 cm³/mol. The number of carbonyl (C=O) groups excluding carboxylic acids is 1. The summed E-state index contributed by atoms with van der Waals surface area (Å²) in [6, 6.07) is 7.60. The van der Waals surface area contributed by atoms with E-state index in [0.29, 0.717) is 32.7 Å². The SMILES string of the molecule is COc1ccccc1C1=NO[C@H](C(=O)N2CCOCC2)C1. The lowest BCUT2D eigenvalue weighted by molar-refractivity contribution is -0.146. The molecular formula is C15H18N2O4. The van der Waals surface area contributed by atoms with Crippen LogP contribution in [0.25, 0.3) is 0 Å². The van der Waals surface area contributed by atoms with Gasteiger partial charge in [0.15, 0.2) is 0 Å². The van der Waals surface area contributed by atoms with Gasteiger partial charge >= 0.3 is 0 Å². The number of amides is 1. The lowest BCUT2D eigenvalue weighted by Crippen LogP contribution is -2.45. The average molecular weight is 290 g/mol. The second-order valence-electron chi connectivity index (χ2n) is 4.97. The van der Waals surface area contributed by atoms with E-state index in [-0.39, 0.29) is 5.91 Å². The highest BCUT2D eigenvalue weighted by atomic mass is 16.6. The molecular weight excluding hydrogens is 272 g/mol. The van der Waals surface area contributed by atoms with Gasteiger partial charge < -0.3 is 19.2 Å². The Balaban J connectivity index is 1.68. The molecule has 0 aliphatic carbocycles. The third kappa shape index (κ3) is 2.85. The van der Waals surface area contributed by atoms with Crippen LogP contribution in [0, 0.1) is 0 Å². The largest absolute Gasteiger partial charge is 0.496 e. The van der Waals surface area contributed by atoms with E-state index in [4.69, 9.17) is 14.3 Å². The van der Waals surface area contributed by atoms with E-state index in [9.17, 15) is 4.79 Å². The van der Waals surface area contributed by atoms with E-state index in [1.54, 1.807) is 12.0 Å². The average Bonchev–Trinajstić information content (AvgIpc) is 3.04. The van der Waals surface area contributed by atoms with Crippen LogP contribution in [0.5, 0.6) is 5.75 Å². The fourth-order valence-electron chi connectivity index (χ4n) is 2.54. The third-order valence-corrected chi connectivity index (χ3v) is 3.68. The zero-order valence-electron chi connectivity index (χ0n) is 11.9. The Hall–Kier alpha value is -2.08. The summed E-state index contributed by atoms with van der Waals surface area (Å²) in [5.74, 6) is 0.714. The molecule has 1 saturated heterocycles. The maximum atomic E-state index is 12.4. The van der Waals surface area contributed by atoms with E-state index >= 15 is 0 Å². The number of para-hydroxylation sites is 1. The second-order valence-corrected chi connectivity index (χ2v) is 4.97. The molecule has 0 saturated carbocycles. The highest BCUT2D eigenvalue weighted by Gasteiger charge is 2.33. The summed E-state index contributed by atoms with van der Waals surface area (Å²) in [7, 11) is 1.62. The fourth-order valence-corrected chi connectivity index (χ4v) is 2.54. The van der Waals surface area contributed by atoms with E-state index < -0.39 is 6.10 Å². The Labute approximate surface area is 123 Å². The summed E-state index contributed by atoms with van der Waals surface area (Å²) in [5, 5.41) is 4.07. The molecule has 0 unspecified atom stereocenters. The summed E-state index contributed by atoms with van der Waals surface area (Å²) in [6.45, 7) is 2.39. The highest BCUT2D eigenvalue weighted by Crippen LogP contribution is 2.25. The molecule has 2 aliphatic rings. The van der Waals surface area contributed by atoms with E-state index in [0.717, 1.165) is 17.0 Å². The van der Waals surface area contributed by atoms with Gasteiger partial charge in [-0.2, -0.15) is 0 Å². The van der Waals surface area contributed by atoms with Gasteiger partial charge in [0.2, 0.25) is 6.10 Å². The minimum atomic E-state index is -0.539. The van der Waals surface area contributed by atoms with Crippen LogP contribution in [-0.4, -0.2) is 56.0 Å². The summed E-state index contributed by atoms with van der Waals surface area (Å²) in [5.41, 5.74) is 1.62. The van der Waals surface area contributed by atoms with E-state index in [2.05, 4.69) is 5.16 Å². The molecule has 1 atom stereocenters. The number of benzene rings is 1. The molecule has 0 bridgehead atoms. The normalized spacial score (nSPS) is 21.7. The van der Waals surface area contributed by atoms with Crippen molar-refractivity contribution in [1.29, 1.82) is 0 Å². The first-order valence-corrected chi connectivity index (χ1v) is 7.02. The first kappa shape index (κ1) is 13.9. The van der Waals surface area contributed by atoms with Gasteiger partial charge in [-0.05, 0) is 12.1 Å². The van der Waals surface area contributed by atoms with Crippen molar-refractivity contribution in [3.05, 3.63) is 29.8 Å². The maximum Gasteiger partial charge on any atom is 0.267 e. The molecule has 1 fully saturated rings. The van der Waals surface area contributed by atoms with E-state index in [1.165, 1.54) is 0 Å². The van der Waals surface area contributed by atoms with Crippen LogP contribution in [0.3, 0.4) is 0 Å². The Bertz CT molecular complexity index is 552. The van der Waals surface area contributed by atoms with E-state index in [1.807, 2.05) is 24.3 Å². The van der Waals surface area contributed by atoms with Crippen molar-refractivity contribution in [1.82, 2.24) is 4.90 Å². The van der Waals surface area contributed by atoms with Crippen LogP contribution in [-0.2, 0) is 14.4 Å². The summed E-state index contributed by atoms with van der Waals surface area (Å²) in [4.78, 5) is 19.5. The first-order valence-electron chi connectivity index (χ1n) is 7.02. The zero-order valence-corrected chi connectivity index (χ0v) is 11.9. The molecule has 2 aliphatic heterocycles. The number of oxime groups is 1. The molecule has 0 N–H and O–H groups in total. The minimum Gasteiger partial charge on any atom is -0.496 e. The van der Waals surface area contributed by atoms with Crippen molar-refractivity contribution in [3.8, 4) is 5.75 Å². The van der Waals surface area contributed by atoms with Gasteiger partial charge in [0.25, 0.3) is 5.91 Å². The van der Waals surface area contributed by atoms with Crippen molar-refractivity contribution >= 4 is 11.6 Å². The first-order chi connectivity index (χ1) is 10.3. The predicted octanol–water partition coefficient (Wildman–Crippen LogP) is 1.05. The fraction of sp³-hybridized carbons (Fsp3) is 0.467. The Morgan fingerprint density at radius 1 is 1.33 bits per heavy atom. The molecule has 1 amide bonds. The lowest BCUT2D eigenvalue weighted by atomic mass is 10.0. The molecule has 6 heteroatoms. The van der Waals surface area contributed by atoms with Crippen molar-refractivity contribution < 1.29 is 19.1 Å². The quantitative estimate of drug-likeness (QED) is 0.835. The van der Waals surface area contributed by atoms with Gasteiger partial charge in [0.05, 0.1) is 26.0 Å². The molecule has 0 radical (unpaired) electrons. The Morgan fingerprint density at radius 3 is 2.86 bits per heavy atom. The molecule has 6 nitrogen and oxygen atoms in total. The third-order valence-electron chi connectivity index (χ3n) is 3.68. The number of hydrogen-bond donors (Lipinski definition) is 0. The van der Waals surface area contributed by atoms with Gasteiger partial charge in [0.1, 0.15) is 5.75 Å². The van der Waals surface area contributed by atoms with Gasteiger partial charge in [-0.1, -0.05) is 17.3 Å². The monoisotopic (exact) mass is 290 g/mol. The Morgan fingerprint density at radius 2 is 2.10 bits per heavy atom. The van der Waals surface area contributed by atoms with Crippen LogP contribution in [0.1, 0.15) is 12.0 Å². The topological polar surface area (TPSA) is 60.4 Å². The van der Waals surface area contributed by atoms with Crippen molar-refractivity contribution in [2.75, 3.05) is 33.4 Å². The molecule has 3 rings (SSSR count). The smallest absolute Gasteiger partial charge is 0.267 e. The molecule has 1 aromatic rings. The van der Waals surface area contributed by atoms with Gasteiger partial charge in [-0.25, -0.2) is 0 Å². The van der Waals surface area contributed by atoms with Crippen molar-refractivity contribution in [2.24, 2.45) is 5.16 Å². The molecule has 1 aromatic carbocycles. The van der Waals surface area contributed by atoms with Crippen LogP contribution in [0.15, 0.2) is 29.4 Å². The highest BCUT2D eigenvalue weighted by molar-refractivity contribution is 6.05. The molecule has 112 valence electrons. The molecule has 21 heavy (non-hydrogen) atoms. The van der Waals surface area contributed by atoms with Gasteiger partial charge in [-0.15, -0.1) is 0 Å². The van der Waals surface area contributed by atoms with Crippen LogP contribution < -0.4 is 4.74 Å². The molecule has 0 spiro atoms. The number of carbonyl (C=O) groups is 1. The molecule has 2 heterocycles. The standard InChI is InChI=1S/C15H18N2O4/c1-19-13-5-3-2-4-11(13)12-10-14(21-16-12)15(18)17-6-8-20-9-7-17/h2-5,14H,6-10H2,1H3/t14-/m0/s1. The lowest BCUT2D eigenvalue weighted by Gasteiger charge is -2.28. The molecule has 0 aromatic heterocycles. The maximum absolute atomic E-state index is 12.4. The second kappa shape index (κ2) is 6.13. The number of methoxy groups -OCH3 is 1. The van der Waals surface area contributed by atoms with Gasteiger partial charge in [0, 0.05) is 25.1 Å². The number of rotatable bonds is 3. The van der Waals surface area contributed by atoms with Crippen molar-refractivity contribution in [2.45, 2.75) is 12.5 Å². The number of ether oxygens (including phenoxy) is 2. The van der Waals surface area contributed by atoms with Crippen LogP contribution in [0.2, 0.25) is 0 Å².